The Kier molecular flexibility index (Phi) is 5.49. The summed E-state index contributed by atoms with van der Waals surface area (Å²) < 4.78 is 29.2. The van der Waals surface area contributed by atoms with Crippen molar-refractivity contribution >= 4 is 31.6 Å². The van der Waals surface area contributed by atoms with Gasteiger partial charge in [0.1, 0.15) is 0 Å². The van der Waals surface area contributed by atoms with Crippen molar-refractivity contribution in [1.82, 2.24) is 0 Å². The monoisotopic (exact) mass is 429 g/mol. The topological polar surface area (TPSA) is 46.2 Å². The fraction of sp³-hybridized carbons (Fsp3) is 0.143. The van der Waals surface area contributed by atoms with Crippen molar-refractivity contribution < 1.29 is 8.42 Å². The van der Waals surface area contributed by atoms with Crippen molar-refractivity contribution in [2.24, 2.45) is 0 Å². The zero-order valence-corrected chi connectivity index (χ0v) is 17.1. The van der Waals surface area contributed by atoms with Crippen LogP contribution < -0.4 is 4.72 Å². The minimum Gasteiger partial charge on any atom is -0.279 e. The Bertz CT molecular complexity index is 1010. The highest BCUT2D eigenvalue weighted by atomic mass is 79.9. The average molecular weight is 430 g/mol. The molecule has 0 atom stereocenters. The Morgan fingerprint density at radius 3 is 2.04 bits per heavy atom. The molecule has 0 heterocycles. The van der Waals surface area contributed by atoms with Crippen molar-refractivity contribution in [1.29, 1.82) is 0 Å². The van der Waals surface area contributed by atoms with E-state index in [1.807, 2.05) is 55.5 Å². The summed E-state index contributed by atoms with van der Waals surface area (Å²) in [5.41, 5.74) is 4.74. The number of halogens is 1. The second kappa shape index (κ2) is 7.64. The SMILES string of the molecule is CCc1cccc(NS(=O)(=O)c2ccc(-c3ccc(Br)cc3)cc2)c1C. The van der Waals surface area contributed by atoms with E-state index in [1.165, 1.54) is 0 Å². The molecule has 134 valence electrons. The number of anilines is 1. The Labute approximate surface area is 163 Å². The lowest BCUT2D eigenvalue weighted by Crippen LogP contribution is -2.14. The van der Waals surface area contributed by atoms with Crippen LogP contribution >= 0.6 is 15.9 Å². The molecule has 0 saturated carbocycles. The molecule has 0 saturated heterocycles. The highest BCUT2D eigenvalue weighted by molar-refractivity contribution is 9.10. The van der Waals surface area contributed by atoms with Gasteiger partial charge >= 0.3 is 0 Å². The van der Waals surface area contributed by atoms with Crippen LogP contribution in [0.4, 0.5) is 5.69 Å². The third-order valence-corrected chi connectivity index (χ3v) is 6.32. The largest absolute Gasteiger partial charge is 0.279 e. The molecule has 0 aliphatic heterocycles. The smallest absolute Gasteiger partial charge is 0.261 e. The van der Waals surface area contributed by atoms with Crippen LogP contribution in [0.2, 0.25) is 0 Å². The number of nitrogens with one attached hydrogen (secondary N) is 1. The third kappa shape index (κ3) is 4.00. The maximum atomic E-state index is 12.7. The third-order valence-electron chi connectivity index (χ3n) is 4.41. The molecule has 1 N–H and O–H groups in total. The molecule has 0 amide bonds. The predicted octanol–water partition coefficient (Wildman–Crippen LogP) is 5.79. The highest BCUT2D eigenvalue weighted by Crippen LogP contribution is 2.26. The molecule has 3 rings (SSSR count). The van der Waals surface area contributed by atoms with Crippen molar-refractivity contribution in [3.05, 3.63) is 82.3 Å². The van der Waals surface area contributed by atoms with Crippen LogP contribution in [0.25, 0.3) is 11.1 Å². The fourth-order valence-corrected chi connectivity index (χ4v) is 4.24. The quantitative estimate of drug-likeness (QED) is 0.557. The van der Waals surface area contributed by atoms with Gasteiger partial charge in [0.25, 0.3) is 10.0 Å². The summed E-state index contributed by atoms with van der Waals surface area (Å²) in [6.07, 6.45) is 0.864. The van der Waals surface area contributed by atoms with Gasteiger partial charge in [-0.1, -0.05) is 59.3 Å². The fourth-order valence-electron chi connectivity index (χ4n) is 2.85. The number of aryl methyl sites for hydroxylation is 1. The van der Waals surface area contributed by atoms with Gasteiger partial charge in [0.15, 0.2) is 0 Å². The number of benzene rings is 3. The molecule has 0 aliphatic rings. The summed E-state index contributed by atoms with van der Waals surface area (Å²) in [6.45, 7) is 3.99. The van der Waals surface area contributed by atoms with Gasteiger partial charge in [-0.25, -0.2) is 8.42 Å². The van der Waals surface area contributed by atoms with E-state index in [4.69, 9.17) is 0 Å². The molecule has 0 spiro atoms. The first kappa shape index (κ1) is 18.7. The Hall–Kier alpha value is -2.11. The lowest BCUT2D eigenvalue weighted by atomic mass is 10.1. The molecular weight excluding hydrogens is 410 g/mol. The maximum absolute atomic E-state index is 12.7. The van der Waals surface area contributed by atoms with Crippen LogP contribution in [0, 0.1) is 6.92 Å². The first-order valence-corrected chi connectivity index (χ1v) is 10.7. The van der Waals surface area contributed by atoms with E-state index in [9.17, 15) is 8.42 Å². The standard InChI is InChI=1S/C21H20BrNO2S/c1-3-16-5-4-6-21(15(16)2)23-26(24,25)20-13-9-18(10-14-20)17-7-11-19(22)12-8-17/h4-14,23H,3H2,1-2H3. The van der Waals surface area contributed by atoms with Crippen molar-refractivity contribution in [2.45, 2.75) is 25.2 Å². The van der Waals surface area contributed by atoms with Gasteiger partial charge in [-0.05, 0) is 65.9 Å². The van der Waals surface area contributed by atoms with Gasteiger partial charge in [-0.2, -0.15) is 0 Å². The van der Waals surface area contributed by atoms with Crippen molar-refractivity contribution in [3.63, 3.8) is 0 Å². The minimum absolute atomic E-state index is 0.250. The number of rotatable bonds is 5. The number of hydrogen-bond acceptors (Lipinski definition) is 2. The summed E-state index contributed by atoms with van der Waals surface area (Å²) >= 11 is 3.42. The molecular formula is C21H20BrNO2S. The van der Waals surface area contributed by atoms with Crippen molar-refractivity contribution in [2.75, 3.05) is 4.72 Å². The molecule has 0 fully saturated rings. The zero-order valence-electron chi connectivity index (χ0n) is 14.7. The van der Waals surface area contributed by atoms with E-state index in [1.54, 1.807) is 18.2 Å². The van der Waals surface area contributed by atoms with E-state index in [0.29, 0.717) is 5.69 Å². The molecule has 0 aromatic heterocycles. The molecule has 26 heavy (non-hydrogen) atoms. The van der Waals surface area contributed by atoms with E-state index < -0.39 is 10.0 Å². The van der Waals surface area contributed by atoms with Gasteiger partial charge in [-0.3, -0.25) is 4.72 Å². The lowest BCUT2D eigenvalue weighted by Gasteiger charge is -2.13. The van der Waals surface area contributed by atoms with Crippen LogP contribution in [0.5, 0.6) is 0 Å². The molecule has 0 bridgehead atoms. The average Bonchev–Trinajstić information content (AvgIpc) is 2.64. The summed E-state index contributed by atoms with van der Waals surface area (Å²) in [7, 11) is -3.62. The molecule has 3 aromatic rings. The highest BCUT2D eigenvalue weighted by Gasteiger charge is 2.16. The Balaban J connectivity index is 1.87. The Morgan fingerprint density at radius 1 is 0.885 bits per heavy atom. The molecule has 3 nitrogen and oxygen atoms in total. The van der Waals surface area contributed by atoms with Crippen LogP contribution in [0.1, 0.15) is 18.1 Å². The molecule has 3 aromatic carbocycles. The van der Waals surface area contributed by atoms with Gasteiger partial charge in [-0.15, -0.1) is 0 Å². The van der Waals surface area contributed by atoms with Gasteiger partial charge < -0.3 is 0 Å². The normalized spacial score (nSPS) is 11.3. The predicted molar refractivity (Wildman–Crippen MR) is 111 cm³/mol. The summed E-state index contributed by atoms with van der Waals surface area (Å²) in [5, 5.41) is 0. The number of sulfonamides is 1. The molecule has 0 aliphatic carbocycles. The second-order valence-electron chi connectivity index (χ2n) is 6.08. The second-order valence-corrected chi connectivity index (χ2v) is 8.68. The molecule has 0 radical (unpaired) electrons. The van der Waals surface area contributed by atoms with E-state index >= 15 is 0 Å². The van der Waals surface area contributed by atoms with E-state index in [2.05, 4.69) is 27.6 Å². The summed E-state index contributed by atoms with van der Waals surface area (Å²) in [5.74, 6) is 0. The maximum Gasteiger partial charge on any atom is 0.261 e. The van der Waals surface area contributed by atoms with Gasteiger partial charge in [0.05, 0.1) is 10.6 Å². The number of hydrogen-bond donors (Lipinski definition) is 1. The summed E-state index contributed by atoms with van der Waals surface area (Å²) in [6, 6.07) is 20.5. The molecule has 0 unspecified atom stereocenters. The first-order valence-electron chi connectivity index (χ1n) is 8.38. The van der Waals surface area contributed by atoms with Crippen LogP contribution in [-0.2, 0) is 16.4 Å². The van der Waals surface area contributed by atoms with Crippen LogP contribution in [0.3, 0.4) is 0 Å². The first-order chi connectivity index (χ1) is 12.4. The van der Waals surface area contributed by atoms with E-state index in [0.717, 1.165) is 33.1 Å². The zero-order chi connectivity index (χ0) is 18.7. The Morgan fingerprint density at radius 2 is 1.46 bits per heavy atom. The molecule has 5 heteroatoms. The minimum atomic E-state index is -3.62. The lowest BCUT2D eigenvalue weighted by molar-refractivity contribution is 0.601. The van der Waals surface area contributed by atoms with E-state index in [-0.39, 0.29) is 4.90 Å². The van der Waals surface area contributed by atoms with Gasteiger partial charge in [0.2, 0.25) is 0 Å². The van der Waals surface area contributed by atoms with Gasteiger partial charge in [0, 0.05) is 4.47 Å². The van der Waals surface area contributed by atoms with Crippen LogP contribution in [-0.4, -0.2) is 8.42 Å². The summed E-state index contributed by atoms with van der Waals surface area (Å²) in [4.78, 5) is 0.250. The van der Waals surface area contributed by atoms with Crippen molar-refractivity contribution in [3.8, 4) is 11.1 Å². The van der Waals surface area contributed by atoms with Crippen LogP contribution in [0.15, 0.2) is 76.1 Å².